The summed E-state index contributed by atoms with van der Waals surface area (Å²) in [7, 11) is 2.13. The molecule has 2 N–H and O–H groups in total. The fourth-order valence-corrected chi connectivity index (χ4v) is 2.11. The lowest BCUT2D eigenvalue weighted by molar-refractivity contribution is 0.621. The number of hydrogen-bond donors (Lipinski definition) is 1. The van der Waals surface area contributed by atoms with E-state index in [4.69, 9.17) is 5.73 Å². The first-order chi connectivity index (χ1) is 7.50. The highest BCUT2D eigenvalue weighted by atomic mass is 79.9. The highest BCUT2D eigenvalue weighted by Crippen LogP contribution is 2.23. The SMILES string of the molecule is Cc1ccc(Br)cc1N(C)CCCC(C)N. The Bertz CT molecular complexity index is 337. The molecule has 0 aliphatic heterocycles. The van der Waals surface area contributed by atoms with Crippen LogP contribution in [0.4, 0.5) is 5.69 Å². The lowest BCUT2D eigenvalue weighted by Crippen LogP contribution is -2.22. The monoisotopic (exact) mass is 284 g/mol. The number of rotatable bonds is 5. The maximum absolute atomic E-state index is 5.75. The van der Waals surface area contributed by atoms with Crippen LogP contribution in [0.5, 0.6) is 0 Å². The van der Waals surface area contributed by atoms with E-state index >= 15 is 0 Å². The van der Waals surface area contributed by atoms with Crippen molar-refractivity contribution >= 4 is 21.6 Å². The van der Waals surface area contributed by atoms with E-state index in [0.29, 0.717) is 6.04 Å². The molecule has 0 spiro atoms. The van der Waals surface area contributed by atoms with Crippen molar-refractivity contribution in [3.05, 3.63) is 28.2 Å². The molecular formula is C13H21BrN2. The third-order valence-electron chi connectivity index (χ3n) is 2.74. The van der Waals surface area contributed by atoms with Crippen LogP contribution in [0.25, 0.3) is 0 Å². The van der Waals surface area contributed by atoms with Gasteiger partial charge in [0.15, 0.2) is 0 Å². The van der Waals surface area contributed by atoms with Gasteiger partial charge in [0, 0.05) is 29.8 Å². The van der Waals surface area contributed by atoms with Crippen molar-refractivity contribution in [2.24, 2.45) is 5.73 Å². The lowest BCUT2D eigenvalue weighted by atomic mass is 10.1. The number of aryl methyl sites for hydroxylation is 1. The zero-order chi connectivity index (χ0) is 12.1. The van der Waals surface area contributed by atoms with Crippen LogP contribution in [0.1, 0.15) is 25.3 Å². The molecular weight excluding hydrogens is 264 g/mol. The average molecular weight is 285 g/mol. The third kappa shape index (κ3) is 4.14. The fraction of sp³-hybridized carbons (Fsp3) is 0.538. The number of nitrogens with two attached hydrogens (primary N) is 1. The van der Waals surface area contributed by atoms with Crippen LogP contribution in [0.3, 0.4) is 0 Å². The van der Waals surface area contributed by atoms with Gasteiger partial charge in [-0.05, 0) is 44.4 Å². The van der Waals surface area contributed by atoms with Crippen molar-refractivity contribution in [1.29, 1.82) is 0 Å². The minimum atomic E-state index is 0.303. The molecule has 0 bridgehead atoms. The number of anilines is 1. The largest absolute Gasteiger partial charge is 0.374 e. The van der Waals surface area contributed by atoms with Crippen molar-refractivity contribution < 1.29 is 0 Å². The highest BCUT2D eigenvalue weighted by Gasteiger charge is 2.05. The normalized spacial score (nSPS) is 12.6. The van der Waals surface area contributed by atoms with Gasteiger partial charge in [0.1, 0.15) is 0 Å². The van der Waals surface area contributed by atoms with Crippen LogP contribution in [0.2, 0.25) is 0 Å². The van der Waals surface area contributed by atoms with Gasteiger partial charge in [-0.2, -0.15) is 0 Å². The van der Waals surface area contributed by atoms with Gasteiger partial charge in [-0.1, -0.05) is 22.0 Å². The Hall–Kier alpha value is -0.540. The van der Waals surface area contributed by atoms with Gasteiger partial charge in [0.2, 0.25) is 0 Å². The van der Waals surface area contributed by atoms with Crippen LogP contribution in [0.15, 0.2) is 22.7 Å². The molecule has 1 unspecified atom stereocenters. The number of benzene rings is 1. The van der Waals surface area contributed by atoms with Crippen LogP contribution >= 0.6 is 15.9 Å². The van der Waals surface area contributed by atoms with Crippen LogP contribution in [0, 0.1) is 6.92 Å². The minimum Gasteiger partial charge on any atom is -0.374 e. The molecule has 1 rings (SSSR count). The molecule has 1 aromatic carbocycles. The van der Waals surface area contributed by atoms with Crippen molar-refractivity contribution in [2.75, 3.05) is 18.5 Å². The Balaban J connectivity index is 2.58. The number of hydrogen-bond acceptors (Lipinski definition) is 2. The lowest BCUT2D eigenvalue weighted by Gasteiger charge is -2.22. The maximum Gasteiger partial charge on any atom is 0.0404 e. The van der Waals surface area contributed by atoms with E-state index in [1.165, 1.54) is 11.3 Å². The Kier molecular flexibility index (Phi) is 5.29. The summed E-state index contributed by atoms with van der Waals surface area (Å²) in [6.45, 7) is 5.26. The van der Waals surface area contributed by atoms with Gasteiger partial charge in [-0.15, -0.1) is 0 Å². The van der Waals surface area contributed by atoms with Gasteiger partial charge in [-0.3, -0.25) is 0 Å². The van der Waals surface area contributed by atoms with Gasteiger partial charge in [0.05, 0.1) is 0 Å². The van der Waals surface area contributed by atoms with E-state index in [0.717, 1.165) is 23.9 Å². The molecule has 0 aromatic heterocycles. The molecule has 1 atom stereocenters. The summed E-state index contributed by atoms with van der Waals surface area (Å²) in [4.78, 5) is 2.29. The Morgan fingerprint density at radius 1 is 1.44 bits per heavy atom. The summed E-state index contributed by atoms with van der Waals surface area (Å²) < 4.78 is 1.13. The maximum atomic E-state index is 5.75. The molecule has 16 heavy (non-hydrogen) atoms. The molecule has 0 fully saturated rings. The Morgan fingerprint density at radius 2 is 2.12 bits per heavy atom. The first-order valence-electron chi connectivity index (χ1n) is 5.73. The minimum absolute atomic E-state index is 0.303. The fourth-order valence-electron chi connectivity index (χ4n) is 1.76. The summed E-state index contributed by atoms with van der Waals surface area (Å²) >= 11 is 3.51. The molecule has 2 nitrogen and oxygen atoms in total. The molecule has 0 saturated carbocycles. The highest BCUT2D eigenvalue weighted by molar-refractivity contribution is 9.10. The van der Waals surface area contributed by atoms with Gasteiger partial charge in [0.25, 0.3) is 0 Å². The Labute approximate surface area is 107 Å². The quantitative estimate of drug-likeness (QED) is 0.899. The van der Waals surface area contributed by atoms with Crippen LogP contribution in [-0.2, 0) is 0 Å². The smallest absolute Gasteiger partial charge is 0.0404 e. The number of nitrogens with zero attached hydrogens (tertiary/aromatic N) is 1. The third-order valence-corrected chi connectivity index (χ3v) is 3.23. The molecule has 1 aromatic rings. The number of halogens is 1. The molecule has 0 heterocycles. The van der Waals surface area contributed by atoms with E-state index in [1.807, 2.05) is 0 Å². The van der Waals surface area contributed by atoms with E-state index in [9.17, 15) is 0 Å². The molecule has 0 radical (unpaired) electrons. The van der Waals surface area contributed by atoms with Gasteiger partial charge >= 0.3 is 0 Å². The molecule has 0 aliphatic rings. The van der Waals surface area contributed by atoms with Crippen LogP contribution in [-0.4, -0.2) is 19.6 Å². The molecule has 0 aliphatic carbocycles. The summed E-state index contributed by atoms with van der Waals surface area (Å²) in [6, 6.07) is 6.69. The van der Waals surface area contributed by atoms with Gasteiger partial charge < -0.3 is 10.6 Å². The second-order valence-corrected chi connectivity index (χ2v) is 5.39. The first kappa shape index (κ1) is 13.5. The molecule has 0 amide bonds. The van der Waals surface area contributed by atoms with Crippen molar-refractivity contribution in [3.8, 4) is 0 Å². The van der Waals surface area contributed by atoms with Crippen molar-refractivity contribution in [3.63, 3.8) is 0 Å². The molecule has 3 heteroatoms. The molecule has 0 saturated heterocycles. The summed E-state index contributed by atoms with van der Waals surface area (Å²) in [5, 5.41) is 0. The van der Waals surface area contributed by atoms with E-state index in [-0.39, 0.29) is 0 Å². The zero-order valence-corrected chi connectivity index (χ0v) is 11.9. The second kappa shape index (κ2) is 6.26. The predicted octanol–water partition coefficient (Wildman–Crippen LogP) is 3.32. The summed E-state index contributed by atoms with van der Waals surface area (Å²) in [5.41, 5.74) is 8.35. The second-order valence-electron chi connectivity index (χ2n) is 4.47. The summed E-state index contributed by atoms with van der Waals surface area (Å²) in [5.74, 6) is 0. The van der Waals surface area contributed by atoms with Crippen LogP contribution < -0.4 is 10.6 Å². The standard InChI is InChI=1S/C13H21BrN2/c1-10-6-7-12(14)9-13(10)16(3)8-4-5-11(2)15/h6-7,9,11H,4-5,8,15H2,1-3H3. The van der Waals surface area contributed by atoms with Crippen molar-refractivity contribution in [2.45, 2.75) is 32.7 Å². The van der Waals surface area contributed by atoms with Gasteiger partial charge in [-0.25, -0.2) is 0 Å². The Morgan fingerprint density at radius 3 is 2.75 bits per heavy atom. The van der Waals surface area contributed by atoms with E-state index in [1.54, 1.807) is 0 Å². The average Bonchev–Trinajstić information content (AvgIpc) is 2.21. The predicted molar refractivity (Wildman–Crippen MR) is 75.0 cm³/mol. The molecule has 90 valence electrons. The van der Waals surface area contributed by atoms with E-state index in [2.05, 4.69) is 59.9 Å². The van der Waals surface area contributed by atoms with Crippen molar-refractivity contribution in [1.82, 2.24) is 0 Å². The topological polar surface area (TPSA) is 29.3 Å². The first-order valence-corrected chi connectivity index (χ1v) is 6.53. The zero-order valence-electron chi connectivity index (χ0n) is 10.3. The summed E-state index contributed by atoms with van der Waals surface area (Å²) in [6.07, 6.45) is 2.22. The van der Waals surface area contributed by atoms with E-state index < -0.39 is 0 Å².